The Morgan fingerprint density at radius 3 is 2.30 bits per heavy atom. The highest BCUT2D eigenvalue weighted by atomic mass is 31.2. The van der Waals surface area contributed by atoms with Gasteiger partial charge in [-0.15, -0.1) is 0 Å². The number of rotatable bonds is 3. The second-order valence-electron chi connectivity index (χ2n) is 2.37. The number of hydrogen-bond donors (Lipinski definition) is 2. The standard InChI is InChI=1S/C5H12NO3P/c1-4(5(7)8)10(2,9)3-6/h4H,3,6H2,1-2H3,(H,7,8). The molecule has 0 fully saturated rings. The van der Waals surface area contributed by atoms with Crippen molar-refractivity contribution in [3.63, 3.8) is 0 Å². The summed E-state index contributed by atoms with van der Waals surface area (Å²) in [6, 6.07) is 0. The van der Waals surface area contributed by atoms with Crippen LogP contribution in [-0.2, 0) is 9.36 Å². The van der Waals surface area contributed by atoms with Crippen molar-refractivity contribution < 1.29 is 14.5 Å². The Labute approximate surface area is 59.8 Å². The molecule has 0 spiro atoms. The lowest BCUT2D eigenvalue weighted by Crippen LogP contribution is -2.20. The third-order valence-electron chi connectivity index (χ3n) is 1.54. The van der Waals surface area contributed by atoms with Crippen LogP contribution in [0.5, 0.6) is 0 Å². The zero-order valence-electron chi connectivity index (χ0n) is 6.07. The number of aliphatic carboxylic acids is 1. The van der Waals surface area contributed by atoms with Gasteiger partial charge in [0.1, 0.15) is 12.8 Å². The minimum absolute atomic E-state index is 0.0412. The van der Waals surface area contributed by atoms with E-state index in [-0.39, 0.29) is 6.29 Å². The summed E-state index contributed by atoms with van der Waals surface area (Å²) in [5, 5.41) is 8.42. The minimum atomic E-state index is -2.64. The van der Waals surface area contributed by atoms with Crippen molar-refractivity contribution in [3.05, 3.63) is 0 Å². The van der Waals surface area contributed by atoms with Gasteiger partial charge >= 0.3 is 5.97 Å². The first kappa shape index (κ1) is 9.66. The third-order valence-corrected chi connectivity index (χ3v) is 4.12. The molecule has 2 unspecified atom stereocenters. The highest BCUT2D eigenvalue weighted by Crippen LogP contribution is 2.44. The molecule has 0 aromatic heterocycles. The minimum Gasteiger partial charge on any atom is -0.481 e. The summed E-state index contributed by atoms with van der Waals surface area (Å²) in [5.41, 5.74) is 4.30. The van der Waals surface area contributed by atoms with Gasteiger partial charge in [-0.25, -0.2) is 0 Å². The summed E-state index contributed by atoms with van der Waals surface area (Å²) in [7, 11) is -2.64. The molecule has 5 heteroatoms. The molecule has 0 aliphatic heterocycles. The maximum atomic E-state index is 11.2. The molecule has 0 saturated carbocycles. The lowest BCUT2D eigenvalue weighted by Gasteiger charge is -2.13. The first-order valence-electron chi connectivity index (χ1n) is 2.91. The zero-order valence-corrected chi connectivity index (χ0v) is 6.97. The van der Waals surface area contributed by atoms with Crippen LogP contribution >= 0.6 is 7.14 Å². The fourth-order valence-corrected chi connectivity index (χ4v) is 1.18. The smallest absolute Gasteiger partial charge is 0.313 e. The number of nitrogens with two attached hydrogens (primary N) is 1. The van der Waals surface area contributed by atoms with Crippen LogP contribution in [0.2, 0.25) is 0 Å². The van der Waals surface area contributed by atoms with Gasteiger partial charge in [-0.05, 0) is 13.6 Å². The van der Waals surface area contributed by atoms with Crippen LogP contribution in [0.3, 0.4) is 0 Å². The van der Waals surface area contributed by atoms with Crippen molar-refractivity contribution in [1.29, 1.82) is 0 Å². The summed E-state index contributed by atoms with van der Waals surface area (Å²) in [5.74, 6) is -1.05. The highest BCUT2D eigenvalue weighted by Gasteiger charge is 2.28. The number of carbonyl (C=O) groups is 1. The van der Waals surface area contributed by atoms with E-state index in [1.54, 1.807) is 0 Å². The SMILES string of the molecule is CC(C(=O)O)P(C)(=O)CN. The van der Waals surface area contributed by atoms with Gasteiger partial charge in [0.05, 0.1) is 0 Å². The molecule has 0 aromatic rings. The Morgan fingerprint density at radius 2 is 2.20 bits per heavy atom. The Kier molecular flexibility index (Phi) is 3.06. The van der Waals surface area contributed by atoms with Gasteiger partial charge in [-0.2, -0.15) is 0 Å². The summed E-state index contributed by atoms with van der Waals surface area (Å²) in [6.07, 6.45) is -0.0412. The predicted octanol–water partition coefficient (Wildman–Crippen LogP) is 0.369. The largest absolute Gasteiger partial charge is 0.481 e. The van der Waals surface area contributed by atoms with Crippen LogP contribution in [0.4, 0.5) is 0 Å². The maximum absolute atomic E-state index is 11.2. The van der Waals surface area contributed by atoms with Crippen molar-refractivity contribution in [2.45, 2.75) is 12.6 Å². The van der Waals surface area contributed by atoms with Gasteiger partial charge in [-0.3, -0.25) is 4.79 Å². The highest BCUT2D eigenvalue weighted by molar-refractivity contribution is 7.64. The number of carboxylic acids is 1. The average Bonchev–Trinajstić information content (AvgIpc) is 1.86. The van der Waals surface area contributed by atoms with E-state index >= 15 is 0 Å². The second-order valence-corrected chi connectivity index (χ2v) is 5.86. The fraction of sp³-hybridized carbons (Fsp3) is 0.800. The summed E-state index contributed by atoms with van der Waals surface area (Å²) in [6.45, 7) is 2.82. The van der Waals surface area contributed by atoms with Gasteiger partial charge in [-0.1, -0.05) is 0 Å². The van der Waals surface area contributed by atoms with E-state index in [1.165, 1.54) is 13.6 Å². The van der Waals surface area contributed by atoms with Gasteiger partial charge < -0.3 is 15.4 Å². The molecule has 10 heavy (non-hydrogen) atoms. The average molecular weight is 165 g/mol. The van der Waals surface area contributed by atoms with Gasteiger partial charge in [0, 0.05) is 6.29 Å². The molecule has 3 N–H and O–H groups in total. The first-order chi connectivity index (χ1) is 4.41. The van der Waals surface area contributed by atoms with Gasteiger partial charge in [0.2, 0.25) is 0 Å². The molecular weight excluding hydrogens is 153 g/mol. The van der Waals surface area contributed by atoms with E-state index in [2.05, 4.69) is 0 Å². The molecule has 0 aromatic carbocycles. The second kappa shape index (κ2) is 3.17. The molecule has 0 aliphatic rings. The van der Waals surface area contributed by atoms with Gasteiger partial charge in [0.25, 0.3) is 0 Å². The van der Waals surface area contributed by atoms with Crippen LogP contribution in [0.15, 0.2) is 0 Å². The van der Waals surface area contributed by atoms with Crippen LogP contribution in [0.25, 0.3) is 0 Å². The Hall–Kier alpha value is -0.340. The maximum Gasteiger partial charge on any atom is 0.313 e. The lowest BCUT2D eigenvalue weighted by atomic mass is 10.5. The van der Waals surface area contributed by atoms with Crippen molar-refractivity contribution in [3.8, 4) is 0 Å². The van der Waals surface area contributed by atoms with E-state index in [0.29, 0.717) is 0 Å². The van der Waals surface area contributed by atoms with Crippen LogP contribution in [0, 0.1) is 0 Å². The van der Waals surface area contributed by atoms with Crippen LogP contribution in [-0.4, -0.2) is 29.7 Å². The Bertz CT molecular complexity index is 180. The summed E-state index contributed by atoms with van der Waals surface area (Å²) < 4.78 is 11.2. The van der Waals surface area contributed by atoms with Crippen molar-refractivity contribution >= 4 is 13.1 Å². The van der Waals surface area contributed by atoms with Crippen LogP contribution in [0.1, 0.15) is 6.92 Å². The van der Waals surface area contributed by atoms with Crippen molar-refractivity contribution in [2.75, 3.05) is 13.0 Å². The molecule has 0 bridgehead atoms. The lowest BCUT2D eigenvalue weighted by molar-refractivity contribution is -0.136. The predicted molar refractivity (Wildman–Crippen MR) is 39.7 cm³/mol. The zero-order chi connectivity index (χ0) is 8.36. The van der Waals surface area contributed by atoms with Crippen molar-refractivity contribution in [1.82, 2.24) is 0 Å². The summed E-state index contributed by atoms with van der Waals surface area (Å²) in [4.78, 5) is 10.3. The molecule has 4 nitrogen and oxygen atoms in total. The number of hydrogen-bond acceptors (Lipinski definition) is 3. The van der Waals surface area contributed by atoms with E-state index in [9.17, 15) is 9.36 Å². The van der Waals surface area contributed by atoms with E-state index in [0.717, 1.165) is 0 Å². The van der Waals surface area contributed by atoms with E-state index < -0.39 is 18.8 Å². The van der Waals surface area contributed by atoms with E-state index in [4.69, 9.17) is 10.8 Å². The Balaban J connectivity index is 4.33. The molecule has 0 rings (SSSR count). The monoisotopic (exact) mass is 165 g/mol. The Morgan fingerprint density at radius 1 is 1.80 bits per heavy atom. The number of carboxylic acid groups (broad SMARTS) is 1. The topological polar surface area (TPSA) is 80.4 Å². The molecular formula is C5H12NO3P. The molecule has 0 aliphatic carbocycles. The first-order valence-corrected chi connectivity index (χ1v) is 5.31. The van der Waals surface area contributed by atoms with Crippen LogP contribution < -0.4 is 5.73 Å². The molecule has 0 saturated heterocycles. The summed E-state index contributed by atoms with van der Waals surface area (Å²) >= 11 is 0. The van der Waals surface area contributed by atoms with Gasteiger partial charge in [0.15, 0.2) is 0 Å². The normalized spacial score (nSPS) is 19.5. The third kappa shape index (κ3) is 2.12. The molecule has 60 valence electrons. The quantitative estimate of drug-likeness (QED) is 0.592. The molecule has 0 radical (unpaired) electrons. The van der Waals surface area contributed by atoms with Crippen molar-refractivity contribution in [2.24, 2.45) is 5.73 Å². The molecule has 2 atom stereocenters. The molecule has 0 amide bonds. The molecule has 0 heterocycles. The fourth-order valence-electron chi connectivity index (χ4n) is 0.392. The van der Waals surface area contributed by atoms with E-state index in [1.807, 2.05) is 0 Å².